The van der Waals surface area contributed by atoms with Crippen LogP contribution in [0.2, 0.25) is 0 Å². The van der Waals surface area contributed by atoms with Gasteiger partial charge in [-0.15, -0.1) is 0 Å². The molecular weight excluding hydrogens is 306 g/mol. The lowest BCUT2D eigenvalue weighted by Crippen LogP contribution is -2.16. The molecule has 5 nitrogen and oxygen atoms in total. The first-order valence-corrected chi connectivity index (χ1v) is 7.56. The molecule has 0 aliphatic rings. The maximum atomic E-state index is 11.6. The Morgan fingerprint density at radius 3 is 2.54 bits per heavy atom. The summed E-state index contributed by atoms with van der Waals surface area (Å²) in [5.74, 6) is 0.662. The number of carbonyl (C=O) groups excluding carboxylic acids is 1. The van der Waals surface area contributed by atoms with Gasteiger partial charge in [0, 0.05) is 5.56 Å². The van der Waals surface area contributed by atoms with Crippen LogP contribution in [0.5, 0.6) is 5.75 Å². The second kappa shape index (κ2) is 8.15. The van der Waals surface area contributed by atoms with Crippen molar-refractivity contribution in [1.82, 2.24) is 0 Å². The molecule has 2 rings (SSSR count). The molecule has 0 aliphatic heterocycles. The second-order valence-corrected chi connectivity index (χ2v) is 5.36. The zero-order valence-corrected chi connectivity index (χ0v) is 14.3. The molecule has 24 heavy (non-hydrogen) atoms. The standard InChI is InChI=1S/C19H21NO4/c1-13-9-10-14(2)17(11-13)24-19(20-23-4)16-8-6-5-7-15(16)12-18(21)22-3/h5-11H,12H2,1-4H3/b20-19+. The lowest BCUT2D eigenvalue weighted by atomic mass is 10.0. The highest BCUT2D eigenvalue weighted by molar-refractivity contribution is 5.97. The highest BCUT2D eigenvalue weighted by Crippen LogP contribution is 2.22. The van der Waals surface area contributed by atoms with Crippen molar-refractivity contribution in [3.63, 3.8) is 0 Å². The van der Waals surface area contributed by atoms with Gasteiger partial charge in [0.1, 0.15) is 12.9 Å². The van der Waals surface area contributed by atoms with Gasteiger partial charge >= 0.3 is 5.97 Å². The van der Waals surface area contributed by atoms with Crippen molar-refractivity contribution in [2.24, 2.45) is 5.16 Å². The summed E-state index contributed by atoms with van der Waals surface area (Å²) in [5.41, 5.74) is 3.50. The molecule has 0 unspecified atom stereocenters. The molecule has 5 heteroatoms. The van der Waals surface area contributed by atoms with Crippen molar-refractivity contribution in [3.05, 3.63) is 64.7 Å². The highest BCUT2D eigenvalue weighted by atomic mass is 16.6. The summed E-state index contributed by atoms with van der Waals surface area (Å²) in [7, 11) is 2.82. The average Bonchev–Trinajstić information content (AvgIpc) is 2.58. The molecule has 0 fully saturated rings. The van der Waals surface area contributed by atoms with Gasteiger partial charge < -0.3 is 14.3 Å². The van der Waals surface area contributed by atoms with E-state index >= 15 is 0 Å². The molecule has 0 atom stereocenters. The number of aryl methyl sites for hydroxylation is 2. The predicted molar refractivity (Wildman–Crippen MR) is 92.3 cm³/mol. The van der Waals surface area contributed by atoms with E-state index in [0.717, 1.165) is 16.7 Å². The van der Waals surface area contributed by atoms with E-state index in [1.54, 1.807) is 0 Å². The number of benzene rings is 2. The first kappa shape index (κ1) is 17.5. The molecule has 0 aromatic heterocycles. The first-order chi connectivity index (χ1) is 11.5. The minimum atomic E-state index is -0.328. The number of nitrogens with zero attached hydrogens (tertiary/aromatic N) is 1. The summed E-state index contributed by atoms with van der Waals surface area (Å²) in [4.78, 5) is 16.6. The molecule has 2 aromatic rings. The van der Waals surface area contributed by atoms with E-state index in [1.165, 1.54) is 14.2 Å². The molecule has 0 aliphatic carbocycles. The van der Waals surface area contributed by atoms with Gasteiger partial charge in [-0.3, -0.25) is 4.79 Å². The third-order valence-electron chi connectivity index (χ3n) is 3.53. The summed E-state index contributed by atoms with van der Waals surface area (Å²) in [5, 5.41) is 4.00. The van der Waals surface area contributed by atoms with Crippen LogP contribution in [0.15, 0.2) is 47.6 Å². The average molecular weight is 327 g/mol. The maximum absolute atomic E-state index is 11.6. The minimum Gasteiger partial charge on any atom is -0.469 e. The van der Waals surface area contributed by atoms with E-state index in [0.29, 0.717) is 17.2 Å². The molecule has 0 radical (unpaired) electrons. The minimum absolute atomic E-state index is 0.131. The number of carbonyl (C=O) groups is 1. The number of hydrogen-bond donors (Lipinski definition) is 0. The molecular formula is C19H21NO4. The summed E-state index contributed by atoms with van der Waals surface area (Å²) in [6, 6.07) is 13.3. The SMILES string of the molecule is CO/N=C(/Oc1cc(C)ccc1C)c1ccccc1CC(=O)OC. The lowest BCUT2D eigenvalue weighted by molar-refractivity contribution is -0.139. The van der Waals surface area contributed by atoms with Gasteiger partial charge in [0.25, 0.3) is 5.90 Å². The molecule has 0 heterocycles. The van der Waals surface area contributed by atoms with Crippen LogP contribution in [-0.4, -0.2) is 26.1 Å². The van der Waals surface area contributed by atoms with Crippen LogP contribution < -0.4 is 4.74 Å². The van der Waals surface area contributed by atoms with E-state index in [1.807, 2.05) is 56.3 Å². The number of hydrogen-bond acceptors (Lipinski definition) is 5. The molecule has 0 saturated carbocycles. The van der Waals surface area contributed by atoms with Gasteiger partial charge in [-0.05, 0) is 47.8 Å². The predicted octanol–water partition coefficient (Wildman–Crippen LogP) is 3.41. The van der Waals surface area contributed by atoms with E-state index in [-0.39, 0.29) is 12.4 Å². The summed E-state index contributed by atoms with van der Waals surface area (Å²) < 4.78 is 10.7. The quantitative estimate of drug-likeness (QED) is 0.365. The normalized spacial score (nSPS) is 11.1. The fraction of sp³-hybridized carbons (Fsp3) is 0.263. The number of oxime groups is 1. The smallest absolute Gasteiger partial charge is 0.310 e. The molecule has 0 spiro atoms. The highest BCUT2D eigenvalue weighted by Gasteiger charge is 2.16. The van der Waals surface area contributed by atoms with Crippen LogP contribution in [0.4, 0.5) is 0 Å². The Labute approximate surface area is 141 Å². The monoisotopic (exact) mass is 327 g/mol. The fourth-order valence-corrected chi connectivity index (χ4v) is 2.24. The third kappa shape index (κ3) is 4.35. The lowest BCUT2D eigenvalue weighted by Gasteiger charge is -2.14. The van der Waals surface area contributed by atoms with Crippen molar-refractivity contribution < 1.29 is 19.1 Å². The molecule has 0 N–H and O–H groups in total. The van der Waals surface area contributed by atoms with Crippen LogP contribution in [0.1, 0.15) is 22.3 Å². The van der Waals surface area contributed by atoms with Crippen LogP contribution in [0.25, 0.3) is 0 Å². The summed E-state index contributed by atoms with van der Waals surface area (Å²) in [6.07, 6.45) is 0.131. The number of ether oxygens (including phenoxy) is 2. The third-order valence-corrected chi connectivity index (χ3v) is 3.53. The van der Waals surface area contributed by atoms with E-state index < -0.39 is 0 Å². The number of methoxy groups -OCH3 is 1. The van der Waals surface area contributed by atoms with Crippen molar-refractivity contribution in [1.29, 1.82) is 0 Å². The largest absolute Gasteiger partial charge is 0.469 e. The Hall–Kier alpha value is -2.82. The van der Waals surface area contributed by atoms with Gasteiger partial charge in [-0.2, -0.15) is 0 Å². The van der Waals surface area contributed by atoms with Gasteiger partial charge in [-0.1, -0.05) is 30.3 Å². The molecule has 0 saturated heterocycles. The Morgan fingerprint density at radius 2 is 1.83 bits per heavy atom. The van der Waals surface area contributed by atoms with Gasteiger partial charge in [0.05, 0.1) is 13.5 Å². The molecule has 2 aromatic carbocycles. The second-order valence-electron chi connectivity index (χ2n) is 5.36. The Bertz CT molecular complexity index is 753. The zero-order valence-electron chi connectivity index (χ0n) is 14.3. The van der Waals surface area contributed by atoms with Crippen molar-refractivity contribution in [2.45, 2.75) is 20.3 Å². The van der Waals surface area contributed by atoms with E-state index in [9.17, 15) is 4.79 Å². The first-order valence-electron chi connectivity index (χ1n) is 7.56. The Kier molecular flexibility index (Phi) is 5.95. The van der Waals surface area contributed by atoms with Crippen LogP contribution in [-0.2, 0) is 20.8 Å². The van der Waals surface area contributed by atoms with E-state index in [4.69, 9.17) is 14.3 Å². The fourth-order valence-electron chi connectivity index (χ4n) is 2.24. The molecule has 126 valence electrons. The summed E-state index contributed by atoms with van der Waals surface area (Å²) in [6.45, 7) is 3.95. The Balaban J connectivity index is 2.40. The van der Waals surface area contributed by atoms with Crippen molar-refractivity contribution in [2.75, 3.05) is 14.2 Å². The maximum Gasteiger partial charge on any atom is 0.310 e. The molecule has 0 bridgehead atoms. The van der Waals surface area contributed by atoms with Gasteiger partial charge in [-0.25, -0.2) is 0 Å². The van der Waals surface area contributed by atoms with E-state index in [2.05, 4.69) is 5.16 Å². The van der Waals surface area contributed by atoms with Crippen LogP contribution in [0.3, 0.4) is 0 Å². The topological polar surface area (TPSA) is 57.1 Å². The molecule has 0 amide bonds. The van der Waals surface area contributed by atoms with Gasteiger partial charge in [0.2, 0.25) is 0 Å². The van der Waals surface area contributed by atoms with Crippen molar-refractivity contribution >= 4 is 11.9 Å². The Morgan fingerprint density at radius 1 is 1.08 bits per heavy atom. The number of rotatable bonds is 5. The van der Waals surface area contributed by atoms with Gasteiger partial charge in [0.15, 0.2) is 0 Å². The number of esters is 1. The zero-order chi connectivity index (χ0) is 17.5. The summed E-state index contributed by atoms with van der Waals surface area (Å²) >= 11 is 0. The van der Waals surface area contributed by atoms with Crippen molar-refractivity contribution in [3.8, 4) is 5.75 Å². The van der Waals surface area contributed by atoms with Crippen LogP contribution >= 0.6 is 0 Å². The van der Waals surface area contributed by atoms with Crippen LogP contribution in [0, 0.1) is 13.8 Å².